The highest BCUT2D eigenvalue weighted by molar-refractivity contribution is 6.30. The molecule has 0 aliphatic heterocycles. The van der Waals surface area contributed by atoms with Gasteiger partial charge >= 0.3 is 0 Å². The molecule has 0 saturated carbocycles. The molecule has 0 amide bonds. The first-order valence-corrected chi connectivity index (χ1v) is 6.62. The minimum atomic E-state index is 0.390. The van der Waals surface area contributed by atoms with E-state index in [2.05, 4.69) is 36.4 Å². The molecule has 1 aromatic carbocycles. The quantitative estimate of drug-likeness (QED) is 0.650. The van der Waals surface area contributed by atoms with E-state index in [0.717, 1.165) is 17.5 Å². The molecule has 2 N–H and O–H groups in total. The second-order valence-electron chi connectivity index (χ2n) is 4.73. The highest BCUT2D eigenvalue weighted by Gasteiger charge is 2.08. The van der Waals surface area contributed by atoms with Crippen LogP contribution in [0, 0.1) is 5.92 Å². The molecular weight excluding hydrogens is 246 g/mol. The van der Waals surface area contributed by atoms with Gasteiger partial charge in [-0.25, -0.2) is 0 Å². The largest absolute Gasteiger partial charge is 0.354 e. The lowest BCUT2D eigenvalue weighted by atomic mass is 10.1. The first-order valence-electron chi connectivity index (χ1n) is 6.24. The van der Waals surface area contributed by atoms with Crippen molar-refractivity contribution in [1.29, 1.82) is 0 Å². The molecule has 1 unspecified atom stereocenters. The van der Waals surface area contributed by atoms with Crippen LogP contribution < -0.4 is 10.6 Å². The van der Waals surface area contributed by atoms with E-state index in [1.807, 2.05) is 24.3 Å². The van der Waals surface area contributed by atoms with Crippen LogP contribution in [0.25, 0.3) is 0 Å². The number of rotatable bonds is 4. The second kappa shape index (κ2) is 7.27. The van der Waals surface area contributed by atoms with Crippen molar-refractivity contribution >= 4 is 17.6 Å². The summed E-state index contributed by atoms with van der Waals surface area (Å²) in [6.45, 7) is 7.26. The summed E-state index contributed by atoms with van der Waals surface area (Å²) in [6.07, 6.45) is 0. The van der Waals surface area contributed by atoms with Crippen LogP contribution in [-0.2, 0) is 6.54 Å². The minimum Gasteiger partial charge on any atom is -0.354 e. The van der Waals surface area contributed by atoms with Gasteiger partial charge in [-0.1, -0.05) is 37.6 Å². The third kappa shape index (κ3) is 4.96. The van der Waals surface area contributed by atoms with Crippen molar-refractivity contribution < 1.29 is 0 Å². The number of nitrogens with one attached hydrogen (secondary N) is 2. The first kappa shape index (κ1) is 14.8. The molecule has 3 nitrogen and oxygen atoms in total. The number of halogens is 1. The van der Waals surface area contributed by atoms with Crippen molar-refractivity contribution in [2.24, 2.45) is 10.9 Å². The molecule has 0 heterocycles. The van der Waals surface area contributed by atoms with Gasteiger partial charge < -0.3 is 10.6 Å². The summed E-state index contributed by atoms with van der Waals surface area (Å²) in [5.41, 5.74) is 1.18. The molecule has 18 heavy (non-hydrogen) atoms. The summed E-state index contributed by atoms with van der Waals surface area (Å²) in [6, 6.07) is 8.20. The topological polar surface area (TPSA) is 36.4 Å². The van der Waals surface area contributed by atoms with E-state index in [4.69, 9.17) is 11.6 Å². The molecule has 4 heteroatoms. The zero-order valence-electron chi connectivity index (χ0n) is 11.5. The van der Waals surface area contributed by atoms with Gasteiger partial charge in [-0.2, -0.15) is 0 Å². The van der Waals surface area contributed by atoms with Gasteiger partial charge in [-0.05, 0) is 30.5 Å². The summed E-state index contributed by atoms with van der Waals surface area (Å²) in [5, 5.41) is 7.41. The summed E-state index contributed by atoms with van der Waals surface area (Å²) in [5.74, 6) is 1.39. The van der Waals surface area contributed by atoms with Crippen LogP contribution in [0.3, 0.4) is 0 Å². The number of benzene rings is 1. The van der Waals surface area contributed by atoms with Crippen LogP contribution >= 0.6 is 11.6 Å². The molecule has 1 rings (SSSR count). The Balaban J connectivity index is 2.47. The summed E-state index contributed by atoms with van der Waals surface area (Å²) >= 11 is 5.85. The zero-order valence-corrected chi connectivity index (χ0v) is 12.3. The van der Waals surface area contributed by atoms with Crippen molar-refractivity contribution in [3.8, 4) is 0 Å². The summed E-state index contributed by atoms with van der Waals surface area (Å²) in [7, 11) is 1.78. The molecular formula is C14H22ClN3. The number of nitrogens with zero attached hydrogens (tertiary/aromatic N) is 1. The molecule has 0 fully saturated rings. The van der Waals surface area contributed by atoms with Gasteiger partial charge in [0.1, 0.15) is 0 Å². The Hall–Kier alpha value is -1.22. The molecule has 0 aromatic heterocycles. The van der Waals surface area contributed by atoms with E-state index in [0.29, 0.717) is 12.0 Å². The molecule has 0 aliphatic rings. The van der Waals surface area contributed by atoms with Crippen LogP contribution in [0.5, 0.6) is 0 Å². The van der Waals surface area contributed by atoms with Gasteiger partial charge in [0.2, 0.25) is 0 Å². The Morgan fingerprint density at radius 1 is 1.22 bits per heavy atom. The van der Waals surface area contributed by atoms with E-state index in [1.165, 1.54) is 5.56 Å². The van der Waals surface area contributed by atoms with E-state index in [9.17, 15) is 0 Å². The van der Waals surface area contributed by atoms with Crippen LogP contribution in [-0.4, -0.2) is 19.0 Å². The third-order valence-electron chi connectivity index (χ3n) is 2.96. The monoisotopic (exact) mass is 267 g/mol. The van der Waals surface area contributed by atoms with Crippen LogP contribution in [0.1, 0.15) is 26.3 Å². The normalized spacial score (nSPS) is 13.6. The second-order valence-corrected chi connectivity index (χ2v) is 5.17. The maximum Gasteiger partial charge on any atom is 0.191 e. The van der Waals surface area contributed by atoms with Crippen molar-refractivity contribution in [2.75, 3.05) is 7.05 Å². The molecule has 0 saturated heterocycles. The Kier molecular flexibility index (Phi) is 5.99. The van der Waals surface area contributed by atoms with Crippen molar-refractivity contribution in [3.05, 3.63) is 34.9 Å². The SMILES string of the molecule is CN=C(NCc1ccc(Cl)cc1)NC(C)C(C)C. The lowest BCUT2D eigenvalue weighted by Gasteiger charge is -2.20. The molecule has 100 valence electrons. The lowest BCUT2D eigenvalue weighted by molar-refractivity contribution is 0.481. The van der Waals surface area contributed by atoms with Gasteiger partial charge in [0, 0.05) is 24.7 Å². The van der Waals surface area contributed by atoms with Gasteiger partial charge in [0.25, 0.3) is 0 Å². The zero-order chi connectivity index (χ0) is 13.5. The van der Waals surface area contributed by atoms with Crippen molar-refractivity contribution in [1.82, 2.24) is 10.6 Å². The Labute approximate surface area is 115 Å². The smallest absolute Gasteiger partial charge is 0.191 e. The van der Waals surface area contributed by atoms with Crippen LogP contribution in [0.2, 0.25) is 5.02 Å². The molecule has 0 aliphatic carbocycles. The molecule has 0 radical (unpaired) electrons. The fourth-order valence-corrected chi connectivity index (χ4v) is 1.49. The number of hydrogen-bond donors (Lipinski definition) is 2. The maximum absolute atomic E-state index is 5.85. The highest BCUT2D eigenvalue weighted by atomic mass is 35.5. The number of aliphatic imine (C=N–C) groups is 1. The number of guanidine groups is 1. The molecule has 0 bridgehead atoms. The average molecular weight is 268 g/mol. The lowest BCUT2D eigenvalue weighted by Crippen LogP contribution is -2.43. The van der Waals surface area contributed by atoms with Gasteiger partial charge in [-0.3, -0.25) is 4.99 Å². The molecule has 1 aromatic rings. The van der Waals surface area contributed by atoms with E-state index in [1.54, 1.807) is 7.05 Å². The molecule has 1 atom stereocenters. The van der Waals surface area contributed by atoms with E-state index in [-0.39, 0.29) is 0 Å². The summed E-state index contributed by atoms with van der Waals surface area (Å²) in [4.78, 5) is 4.21. The average Bonchev–Trinajstić information content (AvgIpc) is 2.35. The standard InChI is InChI=1S/C14H22ClN3/c1-10(2)11(3)18-14(16-4)17-9-12-5-7-13(15)8-6-12/h5-8,10-11H,9H2,1-4H3,(H2,16,17,18). The maximum atomic E-state index is 5.85. The minimum absolute atomic E-state index is 0.390. The van der Waals surface area contributed by atoms with Crippen LogP contribution in [0.4, 0.5) is 0 Å². The predicted molar refractivity (Wildman–Crippen MR) is 79.1 cm³/mol. The van der Waals surface area contributed by atoms with Gasteiger partial charge in [-0.15, -0.1) is 0 Å². The third-order valence-corrected chi connectivity index (χ3v) is 3.21. The van der Waals surface area contributed by atoms with E-state index < -0.39 is 0 Å². The predicted octanol–water partition coefficient (Wildman–Crippen LogP) is 3.05. The Morgan fingerprint density at radius 3 is 2.33 bits per heavy atom. The summed E-state index contributed by atoms with van der Waals surface area (Å²) < 4.78 is 0. The highest BCUT2D eigenvalue weighted by Crippen LogP contribution is 2.09. The van der Waals surface area contributed by atoms with Crippen molar-refractivity contribution in [2.45, 2.75) is 33.4 Å². The van der Waals surface area contributed by atoms with E-state index >= 15 is 0 Å². The first-order chi connectivity index (χ1) is 8.52. The van der Waals surface area contributed by atoms with Crippen LogP contribution in [0.15, 0.2) is 29.3 Å². The Bertz CT molecular complexity index is 385. The van der Waals surface area contributed by atoms with Gasteiger partial charge in [0.05, 0.1) is 0 Å². The number of hydrogen-bond acceptors (Lipinski definition) is 1. The fourth-order valence-electron chi connectivity index (χ4n) is 1.36. The Morgan fingerprint density at radius 2 is 1.83 bits per heavy atom. The fraction of sp³-hybridized carbons (Fsp3) is 0.500. The van der Waals surface area contributed by atoms with Gasteiger partial charge in [0.15, 0.2) is 5.96 Å². The molecule has 0 spiro atoms. The van der Waals surface area contributed by atoms with Crippen molar-refractivity contribution in [3.63, 3.8) is 0 Å².